The lowest BCUT2D eigenvalue weighted by atomic mass is 10.0. The molecule has 0 unspecified atom stereocenters. The fraction of sp³-hybridized carbons (Fsp3) is 0.450. The minimum Gasteiger partial charge on any atom is -0.494 e. The van der Waals surface area contributed by atoms with Crippen molar-refractivity contribution in [3.8, 4) is 5.75 Å². The smallest absolute Gasteiger partial charge is 0.252 e. The first-order valence-corrected chi connectivity index (χ1v) is 9.47. The number of hydrogen-bond donors (Lipinski definition) is 1. The summed E-state index contributed by atoms with van der Waals surface area (Å²) in [7, 11) is 0. The molecule has 1 N–H and O–H groups in total. The molecule has 1 atom stereocenters. The Labute approximate surface area is 157 Å². The Morgan fingerprint density at radius 2 is 2.22 bits per heavy atom. The Bertz CT molecular complexity index is 994. The van der Waals surface area contributed by atoms with Crippen molar-refractivity contribution in [2.45, 2.75) is 45.7 Å². The maximum Gasteiger partial charge on any atom is 0.252 e. The van der Waals surface area contributed by atoms with E-state index in [9.17, 15) is 4.79 Å². The second-order valence-corrected chi connectivity index (χ2v) is 6.97. The van der Waals surface area contributed by atoms with Crippen LogP contribution >= 0.6 is 0 Å². The topological polar surface area (TPSA) is 84.3 Å². The van der Waals surface area contributed by atoms with Crippen molar-refractivity contribution < 1.29 is 9.26 Å². The van der Waals surface area contributed by atoms with Crippen molar-refractivity contribution in [1.82, 2.24) is 20.0 Å². The standard InChI is InChI=1S/C20H24N4O3/c1-3-26-16-7-8-17-14(11-16)10-15(19(25)22-17)12-24-9-5-4-6-18(24)20-21-13(2)23-27-20/h7-8,10-11,18H,3-6,9,12H2,1-2H3,(H,22,25)/t18-/m0/s1. The van der Waals surface area contributed by atoms with Gasteiger partial charge in [0.15, 0.2) is 5.82 Å². The van der Waals surface area contributed by atoms with Crippen molar-refractivity contribution >= 4 is 10.9 Å². The maximum atomic E-state index is 12.6. The molecule has 0 amide bonds. The number of benzene rings is 1. The zero-order chi connectivity index (χ0) is 18.8. The molecule has 1 aliphatic rings. The average Bonchev–Trinajstić information content (AvgIpc) is 3.09. The van der Waals surface area contributed by atoms with Gasteiger partial charge >= 0.3 is 0 Å². The third-order valence-electron chi connectivity index (χ3n) is 5.02. The molecule has 0 radical (unpaired) electrons. The van der Waals surface area contributed by atoms with Crippen molar-refractivity contribution in [2.75, 3.05) is 13.2 Å². The third-order valence-corrected chi connectivity index (χ3v) is 5.02. The average molecular weight is 368 g/mol. The normalized spacial score (nSPS) is 18.1. The van der Waals surface area contributed by atoms with Gasteiger partial charge in [-0.15, -0.1) is 0 Å². The summed E-state index contributed by atoms with van der Waals surface area (Å²) in [5.41, 5.74) is 1.49. The Morgan fingerprint density at radius 1 is 1.33 bits per heavy atom. The van der Waals surface area contributed by atoms with Gasteiger partial charge < -0.3 is 14.2 Å². The zero-order valence-corrected chi connectivity index (χ0v) is 15.7. The van der Waals surface area contributed by atoms with Crippen molar-refractivity contribution in [1.29, 1.82) is 0 Å². The number of aryl methyl sites for hydroxylation is 1. The van der Waals surface area contributed by atoms with Crippen molar-refractivity contribution in [2.24, 2.45) is 0 Å². The predicted octanol–water partition coefficient (Wildman–Crippen LogP) is 3.35. The molecule has 0 spiro atoms. The van der Waals surface area contributed by atoms with Crippen molar-refractivity contribution in [3.05, 3.63) is 51.9 Å². The van der Waals surface area contributed by atoms with Gasteiger partial charge in [-0.25, -0.2) is 0 Å². The molecule has 7 nitrogen and oxygen atoms in total. The Hall–Kier alpha value is -2.67. The lowest BCUT2D eigenvalue weighted by molar-refractivity contribution is 0.111. The van der Waals surface area contributed by atoms with Crippen LogP contribution in [-0.4, -0.2) is 33.2 Å². The number of nitrogens with zero attached hydrogens (tertiary/aromatic N) is 3. The molecule has 3 heterocycles. The number of aromatic amines is 1. The molecule has 4 rings (SSSR count). The summed E-state index contributed by atoms with van der Waals surface area (Å²) < 4.78 is 11.0. The number of piperidine rings is 1. The summed E-state index contributed by atoms with van der Waals surface area (Å²) in [6.45, 7) is 5.85. The Morgan fingerprint density at radius 3 is 3.00 bits per heavy atom. The molecule has 0 bridgehead atoms. The fourth-order valence-corrected chi connectivity index (χ4v) is 3.73. The second kappa shape index (κ2) is 7.52. The minimum atomic E-state index is -0.0577. The Kier molecular flexibility index (Phi) is 4.94. The third kappa shape index (κ3) is 3.73. The van der Waals surface area contributed by atoms with E-state index in [0.717, 1.165) is 48.0 Å². The fourth-order valence-electron chi connectivity index (χ4n) is 3.73. The number of aromatic nitrogens is 3. The number of fused-ring (bicyclic) bond motifs is 1. The van der Waals surface area contributed by atoms with Crippen LogP contribution in [0.2, 0.25) is 0 Å². The summed E-state index contributed by atoms with van der Waals surface area (Å²) in [5, 5.41) is 4.89. The molecular weight excluding hydrogens is 344 g/mol. The van der Waals surface area contributed by atoms with Gasteiger partial charge in [-0.2, -0.15) is 4.98 Å². The molecule has 7 heteroatoms. The molecule has 0 aliphatic carbocycles. The van der Waals surface area contributed by atoms with E-state index in [0.29, 0.717) is 24.9 Å². The molecule has 0 saturated carbocycles. The summed E-state index contributed by atoms with van der Waals surface area (Å²) >= 11 is 0. The van der Waals surface area contributed by atoms with Gasteiger partial charge in [0.2, 0.25) is 5.89 Å². The monoisotopic (exact) mass is 368 g/mol. The largest absolute Gasteiger partial charge is 0.494 e. The first-order valence-electron chi connectivity index (χ1n) is 9.47. The highest BCUT2D eigenvalue weighted by Crippen LogP contribution is 2.31. The van der Waals surface area contributed by atoms with Crippen LogP contribution < -0.4 is 10.3 Å². The molecule has 142 valence electrons. The number of H-pyrrole nitrogens is 1. The molecule has 1 fully saturated rings. The van der Waals surface area contributed by atoms with E-state index in [1.165, 1.54) is 0 Å². The zero-order valence-electron chi connectivity index (χ0n) is 15.7. The van der Waals surface area contributed by atoms with E-state index in [2.05, 4.69) is 20.0 Å². The van der Waals surface area contributed by atoms with Crippen LogP contribution in [0.3, 0.4) is 0 Å². The van der Waals surface area contributed by atoms with Crippen LogP contribution in [0.5, 0.6) is 5.75 Å². The molecule has 1 aromatic carbocycles. The van der Waals surface area contributed by atoms with E-state index in [4.69, 9.17) is 9.26 Å². The number of likely N-dealkylation sites (tertiary alicyclic amines) is 1. The quantitative estimate of drug-likeness (QED) is 0.743. The van der Waals surface area contributed by atoms with Gasteiger partial charge in [0.05, 0.1) is 12.6 Å². The summed E-state index contributed by atoms with van der Waals surface area (Å²) in [6.07, 6.45) is 3.18. The summed E-state index contributed by atoms with van der Waals surface area (Å²) in [6, 6.07) is 7.75. The van der Waals surface area contributed by atoms with Crippen molar-refractivity contribution in [3.63, 3.8) is 0 Å². The number of ether oxygens (including phenoxy) is 1. The SMILES string of the molecule is CCOc1ccc2[nH]c(=O)c(CN3CCCC[C@H]3c3nc(C)no3)cc2c1. The van der Waals surface area contributed by atoms with Gasteiger partial charge in [-0.1, -0.05) is 11.6 Å². The molecule has 1 saturated heterocycles. The van der Waals surface area contributed by atoms with Gasteiger partial charge in [-0.05, 0) is 57.5 Å². The number of pyridine rings is 1. The highest BCUT2D eigenvalue weighted by atomic mass is 16.5. The summed E-state index contributed by atoms with van der Waals surface area (Å²) in [5.74, 6) is 2.09. The van der Waals surface area contributed by atoms with Gasteiger partial charge in [0, 0.05) is 23.0 Å². The van der Waals surface area contributed by atoms with Crippen LogP contribution in [0.4, 0.5) is 0 Å². The van der Waals surface area contributed by atoms with E-state index in [1.807, 2.05) is 38.1 Å². The van der Waals surface area contributed by atoms with Gasteiger partial charge in [-0.3, -0.25) is 9.69 Å². The number of hydrogen-bond acceptors (Lipinski definition) is 6. The second-order valence-electron chi connectivity index (χ2n) is 6.97. The minimum absolute atomic E-state index is 0.0577. The van der Waals surface area contributed by atoms with Crippen LogP contribution in [0.25, 0.3) is 10.9 Å². The lowest BCUT2D eigenvalue weighted by Gasteiger charge is -2.33. The van der Waals surface area contributed by atoms with Crippen LogP contribution in [0.1, 0.15) is 49.5 Å². The molecular formula is C20H24N4O3. The van der Waals surface area contributed by atoms with E-state index in [-0.39, 0.29) is 11.6 Å². The molecule has 2 aromatic heterocycles. The molecule has 27 heavy (non-hydrogen) atoms. The highest BCUT2D eigenvalue weighted by molar-refractivity contribution is 5.80. The van der Waals surface area contributed by atoms with Gasteiger partial charge in [0.1, 0.15) is 5.75 Å². The van der Waals surface area contributed by atoms with Gasteiger partial charge in [0.25, 0.3) is 5.56 Å². The van der Waals surface area contributed by atoms with Crippen LogP contribution in [0.15, 0.2) is 33.6 Å². The predicted molar refractivity (Wildman–Crippen MR) is 102 cm³/mol. The number of nitrogens with one attached hydrogen (secondary N) is 1. The highest BCUT2D eigenvalue weighted by Gasteiger charge is 2.29. The molecule has 1 aliphatic heterocycles. The maximum absolute atomic E-state index is 12.6. The summed E-state index contributed by atoms with van der Waals surface area (Å²) in [4.78, 5) is 22.3. The Balaban J connectivity index is 1.64. The molecule has 3 aromatic rings. The first kappa shape index (κ1) is 17.7. The van der Waals surface area contributed by atoms with E-state index >= 15 is 0 Å². The van der Waals surface area contributed by atoms with E-state index in [1.54, 1.807) is 0 Å². The lowest BCUT2D eigenvalue weighted by Crippen LogP contribution is -2.35. The first-order chi connectivity index (χ1) is 13.1. The number of rotatable bonds is 5. The van der Waals surface area contributed by atoms with Crippen LogP contribution in [-0.2, 0) is 6.54 Å². The van der Waals surface area contributed by atoms with Crippen LogP contribution in [0, 0.1) is 6.92 Å². The van der Waals surface area contributed by atoms with E-state index < -0.39 is 0 Å².